The summed E-state index contributed by atoms with van der Waals surface area (Å²) in [7, 11) is 1.79. The van der Waals surface area contributed by atoms with Crippen LogP contribution in [0.25, 0.3) is 10.2 Å². The van der Waals surface area contributed by atoms with Gasteiger partial charge in [0, 0.05) is 13.1 Å². The van der Waals surface area contributed by atoms with Crippen LogP contribution >= 0.6 is 11.3 Å². The lowest BCUT2D eigenvalue weighted by atomic mass is 9.96. The van der Waals surface area contributed by atoms with Crippen LogP contribution < -0.4 is 4.90 Å². The van der Waals surface area contributed by atoms with Gasteiger partial charge in [-0.2, -0.15) is 0 Å². The van der Waals surface area contributed by atoms with Crippen LogP contribution in [0.2, 0.25) is 0 Å². The van der Waals surface area contributed by atoms with E-state index in [-0.39, 0.29) is 18.1 Å². The average Bonchev–Trinajstić information content (AvgIpc) is 3.05. The van der Waals surface area contributed by atoms with Gasteiger partial charge in [-0.15, -0.1) is 0 Å². The molecule has 0 aliphatic carbocycles. The van der Waals surface area contributed by atoms with E-state index in [1.165, 1.54) is 11.3 Å². The summed E-state index contributed by atoms with van der Waals surface area (Å²) in [6, 6.07) is 8.02. The smallest absolute Gasteiger partial charge is 0.242 e. The number of hydrogen-bond donors (Lipinski definition) is 1. The maximum atomic E-state index is 12.7. The maximum absolute atomic E-state index is 12.7. The highest BCUT2D eigenvalue weighted by Gasteiger charge is 2.30. The van der Waals surface area contributed by atoms with Gasteiger partial charge in [0.2, 0.25) is 5.91 Å². The molecule has 2 unspecified atom stereocenters. The molecule has 2 atom stereocenters. The largest absolute Gasteiger partial charge is 0.392 e. The molecule has 1 aromatic carbocycles. The molecule has 0 radical (unpaired) electrons. The number of rotatable bonds is 5. The summed E-state index contributed by atoms with van der Waals surface area (Å²) in [6.07, 6.45) is 3.55. The molecular formula is C18H25N3O2S. The van der Waals surface area contributed by atoms with E-state index in [4.69, 9.17) is 0 Å². The third-order valence-electron chi connectivity index (χ3n) is 4.81. The van der Waals surface area contributed by atoms with Crippen molar-refractivity contribution in [3.05, 3.63) is 24.3 Å². The minimum atomic E-state index is -0.356. The van der Waals surface area contributed by atoms with Crippen LogP contribution in [-0.2, 0) is 4.79 Å². The van der Waals surface area contributed by atoms with E-state index < -0.39 is 0 Å². The Kier molecular flexibility index (Phi) is 5.48. The van der Waals surface area contributed by atoms with Crippen LogP contribution in [0, 0.1) is 0 Å². The SMILES string of the molecule is CCC(O)C1CCCCN1CC(=O)N(C)c1nc2ccccc2s1. The van der Waals surface area contributed by atoms with Crippen molar-refractivity contribution in [1.82, 2.24) is 9.88 Å². The summed E-state index contributed by atoms with van der Waals surface area (Å²) < 4.78 is 1.09. The number of amides is 1. The number of likely N-dealkylation sites (N-methyl/N-ethyl adjacent to an activating group) is 1. The van der Waals surface area contributed by atoms with Crippen LogP contribution in [0.15, 0.2) is 24.3 Å². The second-order valence-electron chi connectivity index (χ2n) is 6.43. The number of aromatic nitrogens is 1. The number of anilines is 1. The first-order chi connectivity index (χ1) is 11.6. The molecule has 1 aromatic heterocycles. The van der Waals surface area contributed by atoms with Crippen molar-refractivity contribution in [3.8, 4) is 0 Å². The van der Waals surface area contributed by atoms with E-state index in [1.54, 1.807) is 11.9 Å². The highest BCUT2D eigenvalue weighted by atomic mass is 32.1. The fourth-order valence-electron chi connectivity index (χ4n) is 3.31. The summed E-state index contributed by atoms with van der Waals surface area (Å²) in [4.78, 5) is 21.1. The Labute approximate surface area is 146 Å². The van der Waals surface area contributed by atoms with E-state index in [0.717, 1.165) is 47.6 Å². The van der Waals surface area contributed by atoms with Gasteiger partial charge in [-0.3, -0.25) is 14.6 Å². The first-order valence-electron chi connectivity index (χ1n) is 8.64. The average molecular weight is 347 g/mol. The van der Waals surface area contributed by atoms with Crippen LogP contribution in [-0.4, -0.2) is 53.2 Å². The number of fused-ring (bicyclic) bond motifs is 1. The fourth-order valence-corrected chi connectivity index (χ4v) is 4.26. The fraction of sp³-hybridized carbons (Fsp3) is 0.556. The Balaban J connectivity index is 1.70. The lowest BCUT2D eigenvalue weighted by Gasteiger charge is -2.38. The van der Waals surface area contributed by atoms with E-state index in [0.29, 0.717) is 6.54 Å². The van der Waals surface area contributed by atoms with E-state index in [2.05, 4.69) is 9.88 Å². The van der Waals surface area contributed by atoms with Gasteiger partial charge < -0.3 is 5.11 Å². The van der Waals surface area contributed by atoms with Crippen LogP contribution in [0.3, 0.4) is 0 Å². The molecule has 1 N–H and O–H groups in total. The second-order valence-corrected chi connectivity index (χ2v) is 7.44. The second kappa shape index (κ2) is 7.59. The molecule has 1 saturated heterocycles. The Bertz CT molecular complexity index is 669. The van der Waals surface area contributed by atoms with Gasteiger partial charge in [-0.05, 0) is 37.9 Å². The molecule has 3 rings (SSSR count). The molecular weight excluding hydrogens is 322 g/mol. The Hall–Kier alpha value is -1.50. The van der Waals surface area contributed by atoms with Crippen molar-refractivity contribution in [2.45, 2.75) is 44.8 Å². The molecule has 0 saturated carbocycles. The van der Waals surface area contributed by atoms with Gasteiger partial charge in [0.15, 0.2) is 5.13 Å². The third-order valence-corrected chi connectivity index (χ3v) is 5.92. The molecule has 0 bridgehead atoms. The van der Waals surface area contributed by atoms with Gasteiger partial charge in [-0.1, -0.05) is 36.8 Å². The number of benzene rings is 1. The van der Waals surface area contributed by atoms with Crippen molar-refractivity contribution < 1.29 is 9.90 Å². The molecule has 1 fully saturated rings. The third kappa shape index (κ3) is 3.61. The number of hydrogen-bond acceptors (Lipinski definition) is 5. The number of aliphatic hydroxyl groups is 1. The van der Waals surface area contributed by atoms with E-state index in [9.17, 15) is 9.90 Å². The summed E-state index contributed by atoms with van der Waals surface area (Å²) >= 11 is 1.53. The van der Waals surface area contributed by atoms with Crippen molar-refractivity contribution >= 4 is 32.6 Å². The highest BCUT2D eigenvalue weighted by Crippen LogP contribution is 2.28. The quantitative estimate of drug-likeness (QED) is 0.903. The van der Waals surface area contributed by atoms with Crippen LogP contribution in [0.5, 0.6) is 0 Å². The predicted octanol–water partition coefficient (Wildman–Crippen LogP) is 2.88. The molecule has 2 heterocycles. The summed E-state index contributed by atoms with van der Waals surface area (Å²) in [6.45, 7) is 3.21. The topological polar surface area (TPSA) is 56.7 Å². The molecule has 5 nitrogen and oxygen atoms in total. The van der Waals surface area contributed by atoms with E-state index >= 15 is 0 Å². The standard InChI is InChI=1S/C18H25N3O2S/c1-3-15(22)14-9-6-7-11-21(14)12-17(23)20(2)18-19-13-8-4-5-10-16(13)24-18/h4-5,8,10,14-15,22H,3,6-7,9,11-12H2,1-2H3. The van der Waals surface area contributed by atoms with E-state index in [1.807, 2.05) is 31.2 Å². The molecule has 24 heavy (non-hydrogen) atoms. The van der Waals surface area contributed by atoms with Gasteiger partial charge in [-0.25, -0.2) is 4.98 Å². The zero-order valence-electron chi connectivity index (χ0n) is 14.3. The van der Waals surface area contributed by atoms with Crippen molar-refractivity contribution in [2.75, 3.05) is 25.0 Å². The molecule has 2 aromatic rings. The minimum absolute atomic E-state index is 0.0317. The summed E-state index contributed by atoms with van der Waals surface area (Å²) in [5, 5.41) is 11.0. The number of thiazole rings is 1. The normalized spacial score (nSPS) is 20.2. The Morgan fingerprint density at radius 2 is 2.25 bits per heavy atom. The monoisotopic (exact) mass is 347 g/mol. The number of aliphatic hydroxyl groups excluding tert-OH is 1. The molecule has 1 aliphatic rings. The molecule has 130 valence electrons. The zero-order valence-corrected chi connectivity index (χ0v) is 15.1. The maximum Gasteiger partial charge on any atom is 0.242 e. The van der Waals surface area contributed by atoms with Gasteiger partial charge in [0.25, 0.3) is 0 Å². The summed E-state index contributed by atoms with van der Waals surface area (Å²) in [5.41, 5.74) is 0.925. The number of para-hydroxylation sites is 1. The van der Waals surface area contributed by atoms with Crippen LogP contribution in [0.1, 0.15) is 32.6 Å². The van der Waals surface area contributed by atoms with Crippen LogP contribution in [0.4, 0.5) is 5.13 Å². The molecule has 1 aliphatic heterocycles. The number of nitrogens with zero attached hydrogens (tertiary/aromatic N) is 3. The Morgan fingerprint density at radius 3 is 3.00 bits per heavy atom. The Morgan fingerprint density at radius 1 is 1.46 bits per heavy atom. The number of carbonyl (C=O) groups is 1. The minimum Gasteiger partial charge on any atom is -0.392 e. The first kappa shape index (κ1) is 17.3. The van der Waals surface area contributed by atoms with Crippen molar-refractivity contribution in [3.63, 3.8) is 0 Å². The summed E-state index contributed by atoms with van der Waals surface area (Å²) in [5.74, 6) is 0.0317. The van der Waals surface area contributed by atoms with Gasteiger partial charge in [0.1, 0.15) is 0 Å². The first-order valence-corrected chi connectivity index (χ1v) is 9.46. The van der Waals surface area contributed by atoms with Crippen molar-refractivity contribution in [1.29, 1.82) is 0 Å². The van der Waals surface area contributed by atoms with Gasteiger partial charge in [0.05, 0.1) is 22.9 Å². The molecule has 6 heteroatoms. The van der Waals surface area contributed by atoms with Crippen molar-refractivity contribution in [2.24, 2.45) is 0 Å². The zero-order chi connectivity index (χ0) is 17.1. The predicted molar refractivity (Wildman–Crippen MR) is 98.5 cm³/mol. The number of piperidine rings is 1. The highest BCUT2D eigenvalue weighted by molar-refractivity contribution is 7.22. The lowest BCUT2D eigenvalue weighted by Crippen LogP contribution is -2.50. The number of carbonyl (C=O) groups excluding carboxylic acids is 1. The molecule has 1 amide bonds. The number of likely N-dealkylation sites (tertiary alicyclic amines) is 1. The lowest BCUT2D eigenvalue weighted by molar-refractivity contribution is -0.121. The van der Waals surface area contributed by atoms with Gasteiger partial charge >= 0.3 is 0 Å². The molecule has 0 spiro atoms.